The number of nitrogens with zero attached hydrogens (tertiary/aromatic N) is 1. The minimum atomic E-state index is -0.283. The Balaban J connectivity index is 1.50. The number of aryl methyl sites for hydroxylation is 1. The van der Waals surface area contributed by atoms with Gasteiger partial charge in [-0.25, -0.2) is 0 Å². The first-order valence-corrected chi connectivity index (χ1v) is 8.52. The van der Waals surface area contributed by atoms with Crippen molar-refractivity contribution in [1.29, 1.82) is 0 Å². The van der Waals surface area contributed by atoms with Crippen molar-refractivity contribution >= 4 is 11.7 Å². The van der Waals surface area contributed by atoms with Crippen LogP contribution in [-0.4, -0.2) is 36.9 Å². The standard InChI is InChI=1S/C18H23N3O4/c1-3-14(18(22)20-17-10-12(2)25-21-17)19-7-6-13-4-5-15-16(11-13)24-9-8-23-15/h4-5,10-11,14,19H,3,6-9H2,1-2H3,(H,20,21,22)/t14-/m0/s1. The summed E-state index contributed by atoms with van der Waals surface area (Å²) in [5, 5.41) is 9.82. The lowest BCUT2D eigenvalue weighted by Crippen LogP contribution is -2.41. The maximum Gasteiger partial charge on any atom is 0.242 e. The molecule has 0 saturated heterocycles. The molecule has 0 radical (unpaired) electrons. The number of rotatable bonds is 7. The van der Waals surface area contributed by atoms with Crippen LogP contribution in [0.3, 0.4) is 0 Å². The van der Waals surface area contributed by atoms with Crippen LogP contribution >= 0.6 is 0 Å². The molecule has 2 N–H and O–H groups in total. The smallest absolute Gasteiger partial charge is 0.242 e. The first kappa shape index (κ1) is 17.3. The van der Waals surface area contributed by atoms with Crippen LogP contribution in [0.15, 0.2) is 28.8 Å². The van der Waals surface area contributed by atoms with Gasteiger partial charge in [0.15, 0.2) is 17.3 Å². The van der Waals surface area contributed by atoms with Gasteiger partial charge in [0.05, 0.1) is 6.04 Å². The Labute approximate surface area is 146 Å². The predicted octanol–water partition coefficient (Wildman–Crippen LogP) is 2.30. The SMILES string of the molecule is CC[C@H](NCCc1ccc2c(c1)OCCO2)C(=O)Nc1cc(C)on1. The van der Waals surface area contributed by atoms with E-state index in [0.717, 1.165) is 23.5 Å². The maximum atomic E-state index is 12.3. The van der Waals surface area contributed by atoms with Crippen molar-refractivity contribution in [3.05, 3.63) is 35.6 Å². The minimum absolute atomic E-state index is 0.113. The summed E-state index contributed by atoms with van der Waals surface area (Å²) in [7, 11) is 0. The van der Waals surface area contributed by atoms with Crippen LogP contribution in [0.4, 0.5) is 5.82 Å². The Morgan fingerprint density at radius 3 is 2.76 bits per heavy atom. The van der Waals surface area contributed by atoms with Gasteiger partial charge < -0.3 is 24.6 Å². The number of carbonyl (C=O) groups is 1. The van der Waals surface area contributed by atoms with Crippen LogP contribution in [0.2, 0.25) is 0 Å². The zero-order valence-electron chi connectivity index (χ0n) is 14.5. The van der Waals surface area contributed by atoms with Crippen LogP contribution in [0.1, 0.15) is 24.7 Å². The van der Waals surface area contributed by atoms with E-state index >= 15 is 0 Å². The fourth-order valence-corrected chi connectivity index (χ4v) is 2.70. The van der Waals surface area contributed by atoms with E-state index in [1.165, 1.54) is 0 Å². The Morgan fingerprint density at radius 1 is 1.24 bits per heavy atom. The molecule has 1 aromatic heterocycles. The summed E-state index contributed by atoms with van der Waals surface area (Å²) in [5.41, 5.74) is 1.14. The lowest BCUT2D eigenvalue weighted by Gasteiger charge is -2.19. The lowest BCUT2D eigenvalue weighted by atomic mass is 10.1. The van der Waals surface area contributed by atoms with E-state index < -0.39 is 0 Å². The highest BCUT2D eigenvalue weighted by Gasteiger charge is 2.17. The molecule has 0 aliphatic carbocycles. The third-order valence-electron chi connectivity index (χ3n) is 4.01. The first-order chi connectivity index (χ1) is 12.2. The second-order valence-corrected chi connectivity index (χ2v) is 5.96. The number of aromatic nitrogens is 1. The summed E-state index contributed by atoms with van der Waals surface area (Å²) in [6.07, 6.45) is 1.48. The van der Waals surface area contributed by atoms with E-state index in [9.17, 15) is 4.79 Å². The van der Waals surface area contributed by atoms with Gasteiger partial charge in [-0.1, -0.05) is 18.1 Å². The van der Waals surface area contributed by atoms with E-state index in [-0.39, 0.29) is 11.9 Å². The van der Waals surface area contributed by atoms with E-state index in [1.807, 2.05) is 25.1 Å². The third-order valence-corrected chi connectivity index (χ3v) is 4.01. The normalized spacial score (nSPS) is 14.2. The highest BCUT2D eigenvalue weighted by molar-refractivity contribution is 5.93. The fraction of sp³-hybridized carbons (Fsp3) is 0.444. The van der Waals surface area contributed by atoms with Crippen LogP contribution < -0.4 is 20.1 Å². The number of hydrogen-bond acceptors (Lipinski definition) is 6. The number of hydrogen-bond donors (Lipinski definition) is 2. The quantitative estimate of drug-likeness (QED) is 0.801. The van der Waals surface area contributed by atoms with Gasteiger partial charge in [0.2, 0.25) is 5.91 Å². The van der Waals surface area contributed by atoms with Crippen molar-refractivity contribution in [3.8, 4) is 11.5 Å². The van der Waals surface area contributed by atoms with Crippen molar-refractivity contribution in [2.24, 2.45) is 0 Å². The van der Waals surface area contributed by atoms with Crippen LogP contribution in [-0.2, 0) is 11.2 Å². The summed E-state index contributed by atoms with van der Waals surface area (Å²) < 4.78 is 16.1. The second kappa shape index (κ2) is 8.02. The largest absolute Gasteiger partial charge is 0.486 e. The van der Waals surface area contributed by atoms with Crippen molar-refractivity contribution in [2.45, 2.75) is 32.7 Å². The molecular formula is C18H23N3O4. The van der Waals surface area contributed by atoms with Crippen molar-refractivity contribution in [3.63, 3.8) is 0 Å². The molecule has 3 rings (SSSR count). The Morgan fingerprint density at radius 2 is 2.04 bits per heavy atom. The molecule has 1 aliphatic rings. The molecule has 0 unspecified atom stereocenters. The Bertz CT molecular complexity index is 729. The van der Waals surface area contributed by atoms with Gasteiger partial charge in [-0.15, -0.1) is 0 Å². The molecule has 0 bridgehead atoms. The first-order valence-electron chi connectivity index (χ1n) is 8.52. The number of ether oxygens (including phenoxy) is 2. The predicted molar refractivity (Wildman–Crippen MR) is 93.1 cm³/mol. The molecule has 2 aromatic rings. The van der Waals surface area contributed by atoms with E-state index in [1.54, 1.807) is 13.0 Å². The van der Waals surface area contributed by atoms with Gasteiger partial charge in [-0.2, -0.15) is 0 Å². The molecule has 1 aliphatic heterocycles. The molecule has 7 nitrogen and oxygen atoms in total. The van der Waals surface area contributed by atoms with Crippen molar-refractivity contribution in [2.75, 3.05) is 25.1 Å². The second-order valence-electron chi connectivity index (χ2n) is 5.96. The number of fused-ring (bicyclic) bond motifs is 1. The molecule has 0 saturated carbocycles. The summed E-state index contributed by atoms with van der Waals surface area (Å²) in [6, 6.07) is 7.36. The zero-order valence-corrected chi connectivity index (χ0v) is 14.5. The van der Waals surface area contributed by atoms with Crippen LogP contribution in [0.25, 0.3) is 0 Å². The monoisotopic (exact) mass is 345 g/mol. The average Bonchev–Trinajstić information content (AvgIpc) is 3.03. The van der Waals surface area contributed by atoms with E-state index in [4.69, 9.17) is 14.0 Å². The number of benzene rings is 1. The molecule has 1 aromatic carbocycles. The summed E-state index contributed by atoms with van der Waals surface area (Å²) in [5.74, 6) is 2.56. The molecule has 134 valence electrons. The Hall–Kier alpha value is -2.54. The zero-order chi connectivity index (χ0) is 17.6. The van der Waals surface area contributed by atoms with Gasteiger partial charge in [-0.05, 0) is 44.0 Å². The number of amides is 1. The topological polar surface area (TPSA) is 85.6 Å². The highest BCUT2D eigenvalue weighted by atomic mass is 16.6. The molecule has 1 atom stereocenters. The third kappa shape index (κ3) is 4.51. The van der Waals surface area contributed by atoms with Crippen molar-refractivity contribution < 1.29 is 18.8 Å². The van der Waals surface area contributed by atoms with Crippen LogP contribution in [0.5, 0.6) is 11.5 Å². The number of carbonyl (C=O) groups excluding carboxylic acids is 1. The molecule has 7 heteroatoms. The summed E-state index contributed by atoms with van der Waals surface area (Å²) in [4.78, 5) is 12.3. The van der Waals surface area contributed by atoms with Gasteiger partial charge in [0.1, 0.15) is 19.0 Å². The van der Waals surface area contributed by atoms with Crippen LogP contribution in [0, 0.1) is 6.92 Å². The van der Waals surface area contributed by atoms with Gasteiger partial charge >= 0.3 is 0 Å². The average molecular weight is 345 g/mol. The molecule has 1 amide bonds. The number of nitrogens with one attached hydrogen (secondary N) is 2. The fourth-order valence-electron chi connectivity index (χ4n) is 2.70. The van der Waals surface area contributed by atoms with Gasteiger partial charge in [-0.3, -0.25) is 4.79 Å². The van der Waals surface area contributed by atoms with Crippen molar-refractivity contribution in [1.82, 2.24) is 10.5 Å². The summed E-state index contributed by atoms with van der Waals surface area (Å²) in [6.45, 7) is 5.60. The lowest BCUT2D eigenvalue weighted by molar-refractivity contribution is -0.118. The molecule has 0 spiro atoms. The highest BCUT2D eigenvalue weighted by Crippen LogP contribution is 2.30. The number of anilines is 1. The summed E-state index contributed by atoms with van der Waals surface area (Å²) >= 11 is 0. The van der Waals surface area contributed by atoms with E-state index in [2.05, 4.69) is 15.8 Å². The van der Waals surface area contributed by atoms with E-state index in [0.29, 0.717) is 37.8 Å². The van der Waals surface area contributed by atoms with Gasteiger partial charge in [0, 0.05) is 6.07 Å². The Kier molecular flexibility index (Phi) is 5.55. The minimum Gasteiger partial charge on any atom is -0.486 e. The molecule has 25 heavy (non-hydrogen) atoms. The maximum absolute atomic E-state index is 12.3. The molecule has 2 heterocycles. The molecule has 0 fully saturated rings. The van der Waals surface area contributed by atoms with Gasteiger partial charge in [0.25, 0.3) is 0 Å². The molecular weight excluding hydrogens is 322 g/mol.